The Morgan fingerprint density at radius 3 is 2.44 bits per heavy atom. The minimum atomic E-state index is -0.416. The van der Waals surface area contributed by atoms with E-state index in [-0.39, 0.29) is 11.8 Å². The van der Waals surface area contributed by atoms with Crippen LogP contribution in [0, 0.1) is 5.92 Å². The zero-order valence-electron chi connectivity index (χ0n) is 23.6. The summed E-state index contributed by atoms with van der Waals surface area (Å²) in [5, 5.41) is 1.95. The molecule has 0 saturated carbocycles. The van der Waals surface area contributed by atoms with Crippen molar-refractivity contribution in [3.05, 3.63) is 95.2 Å². The van der Waals surface area contributed by atoms with Gasteiger partial charge in [-0.1, -0.05) is 60.1 Å². The molecule has 1 aromatic heterocycles. The molecule has 2 saturated heterocycles. The van der Waals surface area contributed by atoms with E-state index in [9.17, 15) is 4.79 Å². The highest BCUT2D eigenvalue weighted by atomic mass is 35.5. The summed E-state index contributed by atoms with van der Waals surface area (Å²) in [7, 11) is 0. The summed E-state index contributed by atoms with van der Waals surface area (Å²) in [6, 6.07) is 24.5. The first-order valence-electron chi connectivity index (χ1n) is 14.8. The highest BCUT2D eigenvalue weighted by Crippen LogP contribution is 2.28. The van der Waals surface area contributed by atoms with Gasteiger partial charge >= 0.3 is 0 Å². The van der Waals surface area contributed by atoms with Crippen LogP contribution in [0.4, 0.5) is 0 Å². The molecule has 3 aromatic carbocycles. The van der Waals surface area contributed by atoms with Crippen LogP contribution in [0.15, 0.2) is 83.5 Å². The lowest BCUT2D eigenvalue weighted by molar-refractivity contribution is -0.136. The molecule has 0 radical (unpaired) electrons. The van der Waals surface area contributed by atoms with Gasteiger partial charge in [-0.15, -0.1) is 0 Å². The van der Waals surface area contributed by atoms with Crippen LogP contribution in [0.5, 0.6) is 0 Å². The Bertz CT molecular complexity index is 1460. The lowest BCUT2D eigenvalue weighted by atomic mass is 9.88. The average Bonchev–Trinajstić information content (AvgIpc) is 3.51. The second kappa shape index (κ2) is 12.8. The normalized spacial score (nSPS) is 18.1. The van der Waals surface area contributed by atoms with Crippen LogP contribution in [-0.2, 0) is 17.8 Å². The van der Waals surface area contributed by atoms with Gasteiger partial charge in [0.2, 0.25) is 5.91 Å². The maximum absolute atomic E-state index is 13.3. The highest BCUT2D eigenvalue weighted by molar-refractivity contribution is 6.30. The van der Waals surface area contributed by atoms with Gasteiger partial charge in [0.15, 0.2) is 0 Å². The third kappa shape index (κ3) is 6.52. The molecule has 214 valence electrons. The number of carbonyl (C=O) groups excluding carboxylic acids is 1. The average molecular weight is 571 g/mol. The standard InChI is InChI=1S/C34H39ClN4O2/c35-29-9-10-30(25-5-2-1-3-6-25)27(23-29)13-17-37-15-11-26(12-16-37)33(36)34(40)39-20-18-38(19-21-39)24-28-7-4-8-32-31(28)14-22-41-32/h1-10,14,22-23,26,33H,11-13,15-21,24,36H2/t33-/m1/s1. The summed E-state index contributed by atoms with van der Waals surface area (Å²) >= 11 is 6.36. The first-order chi connectivity index (χ1) is 20.0. The molecule has 2 aliphatic heterocycles. The van der Waals surface area contributed by atoms with Gasteiger partial charge in [0.25, 0.3) is 0 Å². The van der Waals surface area contributed by atoms with Gasteiger partial charge in [-0.2, -0.15) is 0 Å². The van der Waals surface area contributed by atoms with E-state index in [1.807, 2.05) is 35.2 Å². The van der Waals surface area contributed by atoms with Crippen LogP contribution >= 0.6 is 11.6 Å². The van der Waals surface area contributed by atoms with Crippen molar-refractivity contribution in [1.29, 1.82) is 0 Å². The molecule has 6 rings (SSSR count). The summed E-state index contributed by atoms with van der Waals surface area (Å²) in [6.45, 7) is 6.97. The van der Waals surface area contributed by atoms with Crippen LogP contribution in [0.25, 0.3) is 22.1 Å². The maximum Gasteiger partial charge on any atom is 0.239 e. The number of nitrogens with two attached hydrogens (primary N) is 1. The Morgan fingerprint density at radius 2 is 1.66 bits per heavy atom. The predicted molar refractivity (Wildman–Crippen MR) is 166 cm³/mol. The smallest absolute Gasteiger partial charge is 0.239 e. The summed E-state index contributed by atoms with van der Waals surface area (Å²) in [5.74, 6) is 0.355. The Hall–Kier alpha value is -3.16. The molecule has 0 bridgehead atoms. The van der Waals surface area contributed by atoms with Crippen molar-refractivity contribution in [3.63, 3.8) is 0 Å². The van der Waals surface area contributed by atoms with Crippen molar-refractivity contribution < 1.29 is 9.21 Å². The predicted octanol–water partition coefficient (Wildman–Crippen LogP) is 5.68. The monoisotopic (exact) mass is 570 g/mol. The number of piperidine rings is 1. The molecule has 0 spiro atoms. The highest BCUT2D eigenvalue weighted by Gasteiger charge is 2.32. The van der Waals surface area contributed by atoms with Crippen LogP contribution in [0.2, 0.25) is 5.02 Å². The summed E-state index contributed by atoms with van der Waals surface area (Å²) in [5.41, 5.74) is 12.5. The van der Waals surface area contributed by atoms with Crippen molar-refractivity contribution in [2.24, 2.45) is 11.7 Å². The molecule has 3 heterocycles. The number of furan rings is 1. The fourth-order valence-corrected chi connectivity index (χ4v) is 6.65. The minimum Gasteiger partial charge on any atom is -0.464 e. The van der Waals surface area contributed by atoms with Crippen molar-refractivity contribution >= 4 is 28.5 Å². The summed E-state index contributed by atoms with van der Waals surface area (Å²) < 4.78 is 5.55. The van der Waals surface area contributed by atoms with Gasteiger partial charge in [0.05, 0.1) is 12.3 Å². The molecule has 1 atom stereocenters. The van der Waals surface area contributed by atoms with Crippen molar-refractivity contribution in [2.45, 2.75) is 31.8 Å². The number of likely N-dealkylation sites (tertiary alicyclic amines) is 1. The molecular weight excluding hydrogens is 532 g/mol. The van der Waals surface area contributed by atoms with E-state index in [1.165, 1.54) is 27.6 Å². The quantitative estimate of drug-likeness (QED) is 0.295. The number of rotatable bonds is 8. The fraction of sp³-hybridized carbons (Fsp3) is 0.382. The molecule has 7 heteroatoms. The molecule has 6 nitrogen and oxygen atoms in total. The van der Waals surface area contributed by atoms with E-state index < -0.39 is 6.04 Å². The Kier molecular flexibility index (Phi) is 8.73. The van der Waals surface area contributed by atoms with Gasteiger partial charge in [-0.05, 0) is 84.8 Å². The van der Waals surface area contributed by atoms with Crippen molar-refractivity contribution in [3.8, 4) is 11.1 Å². The molecule has 2 N–H and O–H groups in total. The van der Waals surface area contributed by atoms with Crippen molar-refractivity contribution in [2.75, 3.05) is 45.8 Å². The molecule has 41 heavy (non-hydrogen) atoms. The molecule has 4 aromatic rings. The Balaban J connectivity index is 0.968. The molecule has 2 fully saturated rings. The van der Waals surface area contributed by atoms with E-state index >= 15 is 0 Å². The number of amides is 1. The van der Waals surface area contributed by atoms with Gasteiger partial charge in [0.1, 0.15) is 5.58 Å². The maximum atomic E-state index is 13.3. The summed E-state index contributed by atoms with van der Waals surface area (Å²) in [6.07, 6.45) is 4.61. The van der Waals surface area contributed by atoms with Gasteiger partial charge in [-0.3, -0.25) is 9.69 Å². The SMILES string of the molecule is N[C@@H](C(=O)N1CCN(Cc2cccc3occc23)CC1)C1CCN(CCc2cc(Cl)ccc2-c2ccccc2)CC1. The van der Waals surface area contributed by atoms with Gasteiger partial charge < -0.3 is 20.0 Å². The van der Waals surface area contributed by atoms with E-state index in [4.69, 9.17) is 21.8 Å². The second-order valence-corrected chi connectivity index (χ2v) is 11.9. The molecule has 2 aliphatic rings. The van der Waals surface area contributed by atoms with Crippen LogP contribution in [0.3, 0.4) is 0 Å². The third-order valence-electron chi connectivity index (χ3n) is 8.94. The number of benzene rings is 3. The number of hydrogen-bond donors (Lipinski definition) is 1. The summed E-state index contributed by atoms with van der Waals surface area (Å²) in [4.78, 5) is 20.2. The number of piperazine rings is 1. The topological polar surface area (TPSA) is 66.0 Å². The van der Waals surface area contributed by atoms with Gasteiger partial charge in [0, 0.05) is 49.7 Å². The van der Waals surface area contributed by atoms with Gasteiger partial charge in [-0.25, -0.2) is 0 Å². The second-order valence-electron chi connectivity index (χ2n) is 11.5. The zero-order chi connectivity index (χ0) is 28.2. The van der Waals surface area contributed by atoms with E-state index in [0.29, 0.717) is 0 Å². The lowest BCUT2D eigenvalue weighted by Crippen LogP contribution is -2.55. The lowest BCUT2D eigenvalue weighted by Gasteiger charge is -2.39. The first kappa shape index (κ1) is 28.0. The Morgan fingerprint density at radius 1 is 0.878 bits per heavy atom. The van der Waals surface area contributed by atoms with E-state index in [2.05, 4.69) is 52.3 Å². The largest absolute Gasteiger partial charge is 0.464 e. The molecular formula is C34H39ClN4O2. The fourth-order valence-electron chi connectivity index (χ4n) is 6.46. The number of fused-ring (bicyclic) bond motifs is 1. The zero-order valence-corrected chi connectivity index (χ0v) is 24.3. The molecule has 0 aliphatic carbocycles. The molecule has 0 unspecified atom stereocenters. The molecule has 1 amide bonds. The van der Waals surface area contributed by atoms with E-state index in [0.717, 1.165) is 82.2 Å². The number of nitrogens with zero attached hydrogens (tertiary/aromatic N) is 3. The van der Waals surface area contributed by atoms with Crippen molar-refractivity contribution in [1.82, 2.24) is 14.7 Å². The minimum absolute atomic E-state index is 0.117. The van der Waals surface area contributed by atoms with Crippen LogP contribution in [0.1, 0.15) is 24.0 Å². The van der Waals surface area contributed by atoms with Crippen LogP contribution < -0.4 is 5.73 Å². The van der Waals surface area contributed by atoms with E-state index in [1.54, 1.807) is 6.26 Å². The number of halogens is 1. The van der Waals surface area contributed by atoms with Crippen LogP contribution in [-0.4, -0.2) is 72.5 Å². The number of carbonyl (C=O) groups is 1. The third-order valence-corrected chi connectivity index (χ3v) is 9.17. The number of hydrogen-bond acceptors (Lipinski definition) is 5. The first-order valence-corrected chi connectivity index (χ1v) is 15.2. The Labute approximate surface area is 247 Å².